The molecular formula is C24H26N6O4. The predicted molar refractivity (Wildman–Crippen MR) is 128 cm³/mol. The van der Waals surface area contributed by atoms with Gasteiger partial charge in [0.2, 0.25) is 5.95 Å². The third-order valence-electron chi connectivity index (χ3n) is 4.94. The highest BCUT2D eigenvalue weighted by Crippen LogP contribution is 2.22. The number of nitrogens with one attached hydrogen (secondary N) is 1. The molecule has 4 aromatic rings. The summed E-state index contributed by atoms with van der Waals surface area (Å²) >= 11 is 0. The molecule has 0 saturated carbocycles. The molecular weight excluding hydrogens is 436 g/mol. The highest BCUT2D eigenvalue weighted by Gasteiger charge is 2.09. The number of benzene rings is 2. The zero-order valence-electron chi connectivity index (χ0n) is 18.6. The molecule has 0 saturated heterocycles. The second kappa shape index (κ2) is 11.1. The summed E-state index contributed by atoms with van der Waals surface area (Å²) in [5, 5.41) is 11.9. The van der Waals surface area contributed by atoms with Gasteiger partial charge in [-0.1, -0.05) is 0 Å². The summed E-state index contributed by atoms with van der Waals surface area (Å²) in [6.45, 7) is 1.54. The summed E-state index contributed by atoms with van der Waals surface area (Å²) in [6, 6.07) is 15.0. The fraction of sp³-hybridized carbons (Fsp3) is 0.250. The molecule has 0 bridgehead atoms. The zero-order chi connectivity index (χ0) is 23.8. The van der Waals surface area contributed by atoms with Crippen LogP contribution in [0.25, 0.3) is 16.9 Å². The minimum atomic E-state index is -0.828. The van der Waals surface area contributed by atoms with Crippen molar-refractivity contribution in [1.82, 2.24) is 19.5 Å². The lowest BCUT2D eigenvalue weighted by Gasteiger charge is -2.09. The molecule has 0 amide bonds. The molecule has 4 N–H and O–H groups in total. The second-order valence-corrected chi connectivity index (χ2v) is 7.50. The van der Waals surface area contributed by atoms with E-state index in [1.807, 2.05) is 53.1 Å². The first-order chi connectivity index (χ1) is 16.6. The SMILES string of the molecule is NCCCOc1ccc(Nc2ncc3ncn(-c4ccc(OCCCC(=O)O)cc4)c3n2)cc1. The Hall–Kier alpha value is -4.18. The van der Waals surface area contributed by atoms with Gasteiger partial charge in [-0.3, -0.25) is 9.36 Å². The number of nitrogens with zero attached hydrogens (tertiary/aromatic N) is 4. The summed E-state index contributed by atoms with van der Waals surface area (Å²) in [5.74, 6) is 1.07. The van der Waals surface area contributed by atoms with Crippen LogP contribution in [-0.2, 0) is 4.79 Å². The molecule has 34 heavy (non-hydrogen) atoms. The Bertz CT molecular complexity index is 1220. The Kier molecular flexibility index (Phi) is 7.51. The molecule has 0 spiro atoms. The molecule has 2 heterocycles. The molecule has 176 valence electrons. The van der Waals surface area contributed by atoms with E-state index in [2.05, 4.69) is 20.3 Å². The van der Waals surface area contributed by atoms with Gasteiger partial charge in [0.25, 0.3) is 0 Å². The first-order valence-corrected chi connectivity index (χ1v) is 11.0. The van der Waals surface area contributed by atoms with E-state index in [-0.39, 0.29) is 6.42 Å². The number of aromatic nitrogens is 4. The fourth-order valence-corrected chi connectivity index (χ4v) is 3.21. The number of hydrogen-bond donors (Lipinski definition) is 3. The van der Waals surface area contributed by atoms with E-state index in [0.717, 1.165) is 23.5 Å². The van der Waals surface area contributed by atoms with E-state index in [1.165, 1.54) is 0 Å². The number of carboxylic acids is 1. The van der Waals surface area contributed by atoms with Crippen molar-refractivity contribution in [3.63, 3.8) is 0 Å². The third-order valence-corrected chi connectivity index (χ3v) is 4.94. The maximum absolute atomic E-state index is 10.6. The Morgan fingerprint density at radius 3 is 2.32 bits per heavy atom. The number of anilines is 2. The van der Waals surface area contributed by atoms with E-state index < -0.39 is 5.97 Å². The number of aliphatic carboxylic acids is 1. The number of nitrogens with two attached hydrogens (primary N) is 1. The average molecular weight is 463 g/mol. The topological polar surface area (TPSA) is 137 Å². The Balaban J connectivity index is 1.43. The molecule has 0 aliphatic carbocycles. The zero-order valence-corrected chi connectivity index (χ0v) is 18.6. The highest BCUT2D eigenvalue weighted by molar-refractivity contribution is 5.74. The molecule has 0 fully saturated rings. The largest absolute Gasteiger partial charge is 0.494 e. The number of carbonyl (C=O) groups is 1. The van der Waals surface area contributed by atoms with Gasteiger partial charge in [0, 0.05) is 17.8 Å². The maximum atomic E-state index is 10.6. The van der Waals surface area contributed by atoms with Gasteiger partial charge in [0.05, 0.1) is 19.4 Å². The molecule has 0 aliphatic rings. The number of ether oxygens (including phenoxy) is 2. The smallest absolute Gasteiger partial charge is 0.303 e. The van der Waals surface area contributed by atoms with Gasteiger partial charge < -0.3 is 25.6 Å². The number of imidazole rings is 1. The lowest BCUT2D eigenvalue weighted by atomic mass is 10.3. The van der Waals surface area contributed by atoms with Crippen molar-refractivity contribution in [3.05, 3.63) is 61.1 Å². The summed E-state index contributed by atoms with van der Waals surface area (Å²) in [5.41, 5.74) is 8.52. The Labute approximate surface area is 196 Å². The van der Waals surface area contributed by atoms with E-state index in [0.29, 0.717) is 49.0 Å². The molecule has 2 aromatic carbocycles. The summed E-state index contributed by atoms with van der Waals surface area (Å²) in [6.07, 6.45) is 4.72. The van der Waals surface area contributed by atoms with Crippen LogP contribution in [0, 0.1) is 0 Å². The molecule has 0 atom stereocenters. The van der Waals surface area contributed by atoms with Crippen LogP contribution in [-0.4, -0.2) is 50.4 Å². The van der Waals surface area contributed by atoms with Gasteiger partial charge in [0.15, 0.2) is 5.65 Å². The number of hydrogen-bond acceptors (Lipinski definition) is 8. The first-order valence-electron chi connectivity index (χ1n) is 11.0. The molecule has 4 rings (SSSR count). The van der Waals surface area contributed by atoms with Gasteiger partial charge >= 0.3 is 5.97 Å². The summed E-state index contributed by atoms with van der Waals surface area (Å²) < 4.78 is 13.1. The number of fused-ring (bicyclic) bond motifs is 1. The Morgan fingerprint density at radius 1 is 0.971 bits per heavy atom. The van der Waals surface area contributed by atoms with Crippen LogP contribution in [0.1, 0.15) is 19.3 Å². The predicted octanol–water partition coefficient (Wildman–Crippen LogP) is 3.53. The maximum Gasteiger partial charge on any atom is 0.303 e. The average Bonchev–Trinajstić information content (AvgIpc) is 3.27. The van der Waals surface area contributed by atoms with Crippen LogP contribution >= 0.6 is 0 Å². The van der Waals surface area contributed by atoms with Gasteiger partial charge in [0.1, 0.15) is 23.3 Å². The van der Waals surface area contributed by atoms with Crippen LogP contribution in [0.4, 0.5) is 11.6 Å². The van der Waals surface area contributed by atoms with Crippen molar-refractivity contribution in [2.45, 2.75) is 19.3 Å². The highest BCUT2D eigenvalue weighted by atomic mass is 16.5. The standard InChI is InChI=1S/C24H26N6O4/c25-12-2-14-34-19-8-4-17(5-9-19)28-24-26-15-21-23(29-24)30(16-27-21)18-6-10-20(11-7-18)33-13-1-3-22(31)32/h4-11,15-16H,1-3,12-14,25H2,(H,31,32)(H,26,28,29). The van der Waals surface area contributed by atoms with Crippen LogP contribution in [0.15, 0.2) is 61.1 Å². The normalized spacial score (nSPS) is 10.9. The molecule has 2 aromatic heterocycles. The fourth-order valence-electron chi connectivity index (χ4n) is 3.21. The Morgan fingerprint density at radius 2 is 1.65 bits per heavy atom. The van der Waals surface area contributed by atoms with Crippen LogP contribution < -0.4 is 20.5 Å². The van der Waals surface area contributed by atoms with Gasteiger partial charge in [-0.15, -0.1) is 0 Å². The summed E-state index contributed by atoms with van der Waals surface area (Å²) in [7, 11) is 0. The van der Waals surface area contributed by atoms with Crippen LogP contribution in [0.3, 0.4) is 0 Å². The van der Waals surface area contributed by atoms with E-state index >= 15 is 0 Å². The lowest BCUT2D eigenvalue weighted by molar-refractivity contribution is -0.137. The monoisotopic (exact) mass is 462 g/mol. The lowest BCUT2D eigenvalue weighted by Crippen LogP contribution is -2.06. The van der Waals surface area contributed by atoms with Crippen molar-refractivity contribution in [1.29, 1.82) is 0 Å². The summed E-state index contributed by atoms with van der Waals surface area (Å²) in [4.78, 5) is 24.0. The van der Waals surface area contributed by atoms with E-state index in [4.69, 9.17) is 20.3 Å². The van der Waals surface area contributed by atoms with E-state index in [1.54, 1.807) is 12.5 Å². The van der Waals surface area contributed by atoms with Gasteiger partial charge in [-0.25, -0.2) is 9.97 Å². The minimum absolute atomic E-state index is 0.0852. The minimum Gasteiger partial charge on any atom is -0.494 e. The quantitative estimate of drug-likeness (QED) is 0.270. The van der Waals surface area contributed by atoms with Crippen molar-refractivity contribution in [3.8, 4) is 17.2 Å². The second-order valence-electron chi connectivity index (χ2n) is 7.50. The number of carboxylic acid groups (broad SMARTS) is 1. The van der Waals surface area contributed by atoms with Crippen molar-refractivity contribution in [2.75, 3.05) is 25.1 Å². The number of rotatable bonds is 12. The van der Waals surface area contributed by atoms with Gasteiger partial charge in [-0.2, -0.15) is 4.98 Å². The third kappa shape index (κ3) is 5.99. The molecule has 10 heteroatoms. The molecule has 0 radical (unpaired) electrons. The molecule has 0 unspecified atom stereocenters. The van der Waals surface area contributed by atoms with E-state index in [9.17, 15) is 4.79 Å². The van der Waals surface area contributed by atoms with Crippen LogP contribution in [0.5, 0.6) is 11.5 Å². The molecule has 0 aliphatic heterocycles. The molecule has 10 nitrogen and oxygen atoms in total. The van der Waals surface area contributed by atoms with Crippen molar-refractivity contribution in [2.24, 2.45) is 5.73 Å². The van der Waals surface area contributed by atoms with Crippen LogP contribution in [0.2, 0.25) is 0 Å². The van der Waals surface area contributed by atoms with Crippen molar-refractivity contribution < 1.29 is 19.4 Å². The first kappa shape index (κ1) is 23.0. The van der Waals surface area contributed by atoms with Crippen molar-refractivity contribution >= 4 is 28.8 Å². The van der Waals surface area contributed by atoms with Gasteiger partial charge in [-0.05, 0) is 67.9 Å².